The van der Waals surface area contributed by atoms with Crippen molar-refractivity contribution in [2.45, 2.75) is 40.5 Å². The summed E-state index contributed by atoms with van der Waals surface area (Å²) < 4.78 is 0. The zero-order chi connectivity index (χ0) is 15.0. The van der Waals surface area contributed by atoms with Crippen molar-refractivity contribution in [2.75, 3.05) is 39.1 Å². The van der Waals surface area contributed by atoms with E-state index in [9.17, 15) is 0 Å². The number of rotatable bonds is 5. The van der Waals surface area contributed by atoms with Gasteiger partial charge in [-0.3, -0.25) is 0 Å². The highest BCUT2D eigenvalue weighted by atomic mass is 15.1. The van der Waals surface area contributed by atoms with Gasteiger partial charge >= 0.3 is 0 Å². The van der Waals surface area contributed by atoms with E-state index in [-0.39, 0.29) is 0 Å². The molecule has 0 aliphatic carbocycles. The minimum absolute atomic E-state index is 0.593. The topological polar surface area (TPSA) is 6.48 Å². The number of nitrogens with zero attached hydrogens (tertiary/aromatic N) is 2. The van der Waals surface area contributed by atoms with Crippen LogP contribution >= 0.6 is 0 Å². The molecule has 0 spiro atoms. The van der Waals surface area contributed by atoms with E-state index >= 15 is 0 Å². The van der Waals surface area contributed by atoms with Gasteiger partial charge in [0.25, 0.3) is 0 Å². The first-order valence-electron chi connectivity index (χ1n) is 7.37. The Kier molecular flexibility index (Phi) is 8.49. The molecule has 0 atom stereocenters. The lowest BCUT2D eigenvalue weighted by atomic mass is 10.00. The van der Waals surface area contributed by atoms with Crippen LogP contribution in [0.2, 0.25) is 0 Å². The number of hydrogen-bond donors (Lipinski definition) is 0. The molecule has 0 bridgehead atoms. The second-order valence-corrected chi connectivity index (χ2v) is 5.48. The predicted molar refractivity (Wildman–Crippen MR) is 88.4 cm³/mol. The Morgan fingerprint density at radius 2 is 1.53 bits per heavy atom. The van der Waals surface area contributed by atoms with Crippen molar-refractivity contribution in [3.63, 3.8) is 0 Å². The molecule has 0 unspecified atom stereocenters. The summed E-state index contributed by atoms with van der Waals surface area (Å²) in [6, 6.07) is 6.86. The zero-order valence-electron chi connectivity index (χ0n) is 14.1. The van der Waals surface area contributed by atoms with Crippen molar-refractivity contribution in [1.82, 2.24) is 4.90 Å². The van der Waals surface area contributed by atoms with Gasteiger partial charge in [0.1, 0.15) is 0 Å². The maximum atomic E-state index is 2.33. The molecule has 19 heavy (non-hydrogen) atoms. The van der Waals surface area contributed by atoms with Crippen LogP contribution in [-0.4, -0.2) is 39.1 Å². The molecule has 0 fully saturated rings. The molecule has 2 nitrogen and oxygen atoms in total. The monoisotopic (exact) mass is 264 g/mol. The fourth-order valence-electron chi connectivity index (χ4n) is 1.82. The number of likely N-dealkylation sites (N-methyl/N-ethyl adjacent to an activating group) is 2. The fourth-order valence-corrected chi connectivity index (χ4v) is 1.82. The first kappa shape index (κ1) is 18.0. The summed E-state index contributed by atoms with van der Waals surface area (Å²) in [6.45, 7) is 12.8. The summed E-state index contributed by atoms with van der Waals surface area (Å²) in [4.78, 5) is 4.55. The molecule has 1 rings (SSSR count). The Bertz CT molecular complexity index is 356. The molecular formula is C17H32N2. The standard InChI is InChI=1S/C15H26N2.C2H6/c1-12(2)14-9-13(3)10-15(11-14)17(6)8-7-16(4)5;1-2/h9-12H,7-8H2,1-6H3;1-2H3. The molecule has 1 aromatic carbocycles. The van der Waals surface area contributed by atoms with Gasteiger partial charge in [-0.15, -0.1) is 0 Å². The summed E-state index contributed by atoms with van der Waals surface area (Å²) in [5.74, 6) is 0.593. The van der Waals surface area contributed by atoms with E-state index < -0.39 is 0 Å². The van der Waals surface area contributed by atoms with E-state index in [2.05, 4.69) is 69.9 Å². The third-order valence-electron chi connectivity index (χ3n) is 3.07. The molecule has 2 heteroatoms. The lowest BCUT2D eigenvalue weighted by molar-refractivity contribution is 0.416. The minimum Gasteiger partial charge on any atom is -0.373 e. The van der Waals surface area contributed by atoms with Crippen LogP contribution in [0.5, 0.6) is 0 Å². The van der Waals surface area contributed by atoms with Crippen LogP contribution in [0.25, 0.3) is 0 Å². The van der Waals surface area contributed by atoms with Gasteiger partial charge in [-0.05, 0) is 50.2 Å². The van der Waals surface area contributed by atoms with Crippen molar-refractivity contribution < 1.29 is 0 Å². The smallest absolute Gasteiger partial charge is 0.0369 e. The van der Waals surface area contributed by atoms with Gasteiger partial charge < -0.3 is 9.80 Å². The molecule has 110 valence electrons. The second kappa shape index (κ2) is 8.98. The highest BCUT2D eigenvalue weighted by Gasteiger charge is 2.06. The molecule has 0 amide bonds. The summed E-state index contributed by atoms with van der Waals surface area (Å²) in [6.07, 6.45) is 0. The highest BCUT2D eigenvalue weighted by Crippen LogP contribution is 2.23. The zero-order valence-corrected chi connectivity index (χ0v) is 14.1. The quantitative estimate of drug-likeness (QED) is 0.788. The van der Waals surface area contributed by atoms with Crippen LogP contribution in [0.15, 0.2) is 18.2 Å². The third kappa shape index (κ3) is 6.63. The summed E-state index contributed by atoms with van der Waals surface area (Å²) in [5.41, 5.74) is 4.11. The van der Waals surface area contributed by atoms with Crippen molar-refractivity contribution in [2.24, 2.45) is 0 Å². The van der Waals surface area contributed by atoms with E-state index in [1.165, 1.54) is 16.8 Å². The van der Waals surface area contributed by atoms with Gasteiger partial charge in [0.2, 0.25) is 0 Å². The lowest BCUT2D eigenvalue weighted by Gasteiger charge is -2.23. The van der Waals surface area contributed by atoms with Crippen LogP contribution < -0.4 is 4.90 Å². The normalized spacial score (nSPS) is 10.4. The maximum Gasteiger partial charge on any atom is 0.0369 e. The van der Waals surface area contributed by atoms with Crippen LogP contribution in [0.4, 0.5) is 5.69 Å². The lowest BCUT2D eigenvalue weighted by Crippen LogP contribution is -2.28. The van der Waals surface area contributed by atoms with E-state index in [1.54, 1.807) is 0 Å². The summed E-state index contributed by atoms with van der Waals surface area (Å²) >= 11 is 0. The fraction of sp³-hybridized carbons (Fsp3) is 0.647. The highest BCUT2D eigenvalue weighted by molar-refractivity contribution is 5.51. The number of hydrogen-bond acceptors (Lipinski definition) is 2. The number of aryl methyl sites for hydroxylation is 1. The molecule has 0 aromatic heterocycles. The van der Waals surface area contributed by atoms with Gasteiger partial charge in [-0.1, -0.05) is 33.8 Å². The van der Waals surface area contributed by atoms with Crippen molar-refractivity contribution in [3.05, 3.63) is 29.3 Å². The number of anilines is 1. The Balaban J connectivity index is 0.00000154. The molecule has 0 saturated carbocycles. The first-order valence-corrected chi connectivity index (χ1v) is 7.37. The van der Waals surface area contributed by atoms with E-state index in [1.807, 2.05) is 13.8 Å². The molecule has 0 radical (unpaired) electrons. The third-order valence-corrected chi connectivity index (χ3v) is 3.07. The van der Waals surface area contributed by atoms with Gasteiger partial charge in [0, 0.05) is 25.8 Å². The molecule has 0 aliphatic heterocycles. The Morgan fingerprint density at radius 1 is 0.947 bits per heavy atom. The van der Waals surface area contributed by atoms with Gasteiger partial charge in [0.15, 0.2) is 0 Å². The molecule has 0 heterocycles. The molecule has 1 aromatic rings. The van der Waals surface area contributed by atoms with E-state index in [4.69, 9.17) is 0 Å². The average molecular weight is 264 g/mol. The van der Waals surface area contributed by atoms with Crippen LogP contribution in [0.1, 0.15) is 44.7 Å². The van der Waals surface area contributed by atoms with Crippen molar-refractivity contribution >= 4 is 5.69 Å². The number of benzene rings is 1. The van der Waals surface area contributed by atoms with Gasteiger partial charge in [-0.25, -0.2) is 0 Å². The summed E-state index contributed by atoms with van der Waals surface area (Å²) in [7, 11) is 6.40. The average Bonchev–Trinajstić information content (AvgIpc) is 2.37. The van der Waals surface area contributed by atoms with Gasteiger partial charge in [0.05, 0.1) is 0 Å². The van der Waals surface area contributed by atoms with E-state index in [0.29, 0.717) is 5.92 Å². The first-order chi connectivity index (χ1) is 8.90. The van der Waals surface area contributed by atoms with Crippen molar-refractivity contribution in [3.8, 4) is 0 Å². The van der Waals surface area contributed by atoms with Gasteiger partial charge in [-0.2, -0.15) is 0 Å². The predicted octanol–water partition coefficient (Wildman–Crippen LogP) is 4.14. The second-order valence-electron chi connectivity index (χ2n) is 5.48. The largest absolute Gasteiger partial charge is 0.373 e. The minimum atomic E-state index is 0.593. The molecular weight excluding hydrogens is 232 g/mol. The Labute approximate surface area is 120 Å². The molecule has 0 N–H and O–H groups in total. The Morgan fingerprint density at radius 3 is 2.00 bits per heavy atom. The van der Waals surface area contributed by atoms with Crippen molar-refractivity contribution in [1.29, 1.82) is 0 Å². The summed E-state index contributed by atoms with van der Waals surface area (Å²) in [5, 5.41) is 0. The van der Waals surface area contributed by atoms with E-state index in [0.717, 1.165) is 13.1 Å². The van der Waals surface area contributed by atoms with Crippen LogP contribution in [0.3, 0.4) is 0 Å². The maximum absolute atomic E-state index is 2.33. The molecule has 0 saturated heterocycles. The molecule has 0 aliphatic rings. The SMILES string of the molecule is CC.Cc1cc(C(C)C)cc(N(C)CCN(C)C)c1. The van der Waals surface area contributed by atoms with Crippen LogP contribution in [0, 0.1) is 6.92 Å². The Hall–Kier alpha value is -1.02. The van der Waals surface area contributed by atoms with Crippen LogP contribution in [-0.2, 0) is 0 Å².